The highest BCUT2D eigenvalue weighted by molar-refractivity contribution is 6.14. The molecule has 0 N–H and O–H groups in total. The molecule has 0 saturated heterocycles. The number of benzene rings is 2. The van der Waals surface area contributed by atoms with E-state index in [4.69, 9.17) is 33.2 Å². The summed E-state index contributed by atoms with van der Waals surface area (Å²) in [5.74, 6) is 0.413. The summed E-state index contributed by atoms with van der Waals surface area (Å²) in [4.78, 5) is 21.5. The number of azide groups is 2. The number of allylic oxidation sites excluding steroid dienone is 2. The van der Waals surface area contributed by atoms with Crippen LogP contribution in [0.5, 0.6) is 0 Å². The van der Waals surface area contributed by atoms with Crippen molar-refractivity contribution in [1.82, 2.24) is 0 Å². The number of Topliss-reactive ketones (excluding diaryl/α,β-unsaturated/α-hetero) is 1. The molecule has 13 nitrogen and oxygen atoms in total. The van der Waals surface area contributed by atoms with E-state index in [0.717, 1.165) is 35.1 Å². The molecule has 1 aliphatic rings. The Morgan fingerprint density at radius 2 is 1.03 bits per heavy atom. The minimum absolute atomic E-state index is 0.0522. The van der Waals surface area contributed by atoms with Gasteiger partial charge >= 0.3 is 0 Å². The molecule has 0 radical (unpaired) electrons. The Balaban J connectivity index is 0.000000872. The van der Waals surface area contributed by atoms with Crippen molar-refractivity contribution in [2.75, 3.05) is 0 Å². The fraction of sp³-hybridized carbons (Fsp3) is 0.190. The summed E-state index contributed by atoms with van der Waals surface area (Å²) in [5.41, 5.74) is 48.4. The van der Waals surface area contributed by atoms with Gasteiger partial charge in [0.25, 0.3) is 0 Å². The van der Waals surface area contributed by atoms with E-state index < -0.39 is 0 Å². The molecule has 1 aliphatic carbocycles. The van der Waals surface area contributed by atoms with Gasteiger partial charge < -0.3 is 22.1 Å². The molecule has 0 unspecified atom stereocenters. The summed E-state index contributed by atoms with van der Waals surface area (Å²) in [6.07, 6.45) is 5.25. The third-order valence-electron chi connectivity index (χ3n) is 4.51. The summed E-state index contributed by atoms with van der Waals surface area (Å²) >= 11 is 0. The summed E-state index contributed by atoms with van der Waals surface area (Å²) < 4.78 is 0. The standard InChI is InChI=1S/C21H18N6O.2N3/c1-14-10-17(12-15-2-6-19(7-3-15)24-26-22)21(28)18(11-14)13-16-4-8-20(9-5-16)25-27-23;2*1-3-2/h2-9,12-14H,10-11H2,1H3;;/q;2*-1. The van der Waals surface area contributed by atoms with Crippen molar-refractivity contribution in [3.8, 4) is 0 Å². The van der Waals surface area contributed by atoms with Gasteiger partial charge in [0.2, 0.25) is 0 Å². The summed E-state index contributed by atoms with van der Waals surface area (Å²) in [5, 5.41) is 7.11. The van der Waals surface area contributed by atoms with Gasteiger partial charge in [-0.05, 0) is 53.1 Å². The lowest BCUT2D eigenvalue weighted by atomic mass is 9.81. The Bertz CT molecular complexity index is 1120. The van der Waals surface area contributed by atoms with E-state index in [1.807, 2.05) is 36.4 Å². The maximum Gasteiger partial charge on any atom is 0.185 e. The second-order valence-electron chi connectivity index (χ2n) is 6.92. The first-order chi connectivity index (χ1) is 16.4. The number of hydrogen-bond acceptors (Lipinski definition) is 3. The minimum Gasteiger partial charge on any atom is -0.373 e. The lowest BCUT2D eigenvalue weighted by molar-refractivity contribution is -0.113. The molecule has 0 atom stereocenters. The zero-order valence-electron chi connectivity index (χ0n) is 18.0. The van der Waals surface area contributed by atoms with Crippen LogP contribution < -0.4 is 0 Å². The highest BCUT2D eigenvalue weighted by Gasteiger charge is 2.25. The molecule has 0 heterocycles. The Morgan fingerprint density at radius 1 is 0.706 bits per heavy atom. The zero-order valence-corrected chi connectivity index (χ0v) is 18.0. The molecule has 34 heavy (non-hydrogen) atoms. The van der Waals surface area contributed by atoms with Crippen LogP contribution >= 0.6 is 0 Å². The van der Waals surface area contributed by atoms with Crippen LogP contribution in [0.1, 0.15) is 30.9 Å². The van der Waals surface area contributed by atoms with Gasteiger partial charge in [-0.25, -0.2) is 0 Å². The molecule has 2 aromatic rings. The molecule has 0 spiro atoms. The molecule has 3 rings (SSSR count). The second-order valence-corrected chi connectivity index (χ2v) is 6.92. The van der Waals surface area contributed by atoms with E-state index in [-0.39, 0.29) is 5.78 Å². The first kappa shape index (κ1) is 26.9. The lowest BCUT2D eigenvalue weighted by Crippen LogP contribution is -2.18. The highest BCUT2D eigenvalue weighted by Crippen LogP contribution is 2.32. The largest absolute Gasteiger partial charge is 0.373 e. The van der Waals surface area contributed by atoms with Gasteiger partial charge in [0, 0.05) is 32.3 Å². The van der Waals surface area contributed by atoms with Crippen LogP contribution in [-0.2, 0) is 4.79 Å². The van der Waals surface area contributed by atoms with Crippen molar-refractivity contribution in [2.24, 2.45) is 16.1 Å². The smallest absolute Gasteiger partial charge is 0.185 e. The van der Waals surface area contributed by atoms with E-state index in [0.29, 0.717) is 17.3 Å². The minimum atomic E-state index is 0.0522. The Labute approximate surface area is 194 Å². The fourth-order valence-corrected chi connectivity index (χ4v) is 3.24. The predicted molar refractivity (Wildman–Crippen MR) is 130 cm³/mol. The highest BCUT2D eigenvalue weighted by atomic mass is 16.1. The van der Waals surface area contributed by atoms with Crippen LogP contribution in [-0.4, -0.2) is 5.78 Å². The van der Waals surface area contributed by atoms with Crippen LogP contribution in [0, 0.1) is 5.92 Å². The number of ketones is 1. The monoisotopic (exact) mass is 454 g/mol. The zero-order chi connectivity index (χ0) is 25.3. The second kappa shape index (κ2) is 14.8. The Morgan fingerprint density at radius 3 is 1.32 bits per heavy atom. The van der Waals surface area contributed by atoms with E-state index in [1.54, 1.807) is 24.3 Å². The SMILES string of the molecule is CC1CC(=Cc2ccc(N=[N+]=[N-])cc2)C(=O)C(=Cc2ccc(N=[N+]=[N-])cc2)C1.[N-]=[N+]=[N-].[N-]=[N+]=[N-]. The van der Waals surface area contributed by atoms with Crippen molar-refractivity contribution in [1.29, 1.82) is 0 Å². The molecule has 0 bridgehead atoms. The molecule has 1 saturated carbocycles. The van der Waals surface area contributed by atoms with Crippen molar-refractivity contribution in [2.45, 2.75) is 19.8 Å². The number of nitrogens with zero attached hydrogens (tertiary/aromatic N) is 12. The van der Waals surface area contributed by atoms with Gasteiger partial charge in [0.05, 0.1) is 0 Å². The van der Waals surface area contributed by atoms with E-state index in [2.05, 4.69) is 27.0 Å². The molecule has 0 aromatic heterocycles. The number of hydrogen-bond donors (Lipinski definition) is 0. The Hall–Kier alpha value is -5.17. The summed E-state index contributed by atoms with van der Waals surface area (Å²) in [6, 6.07) is 14.2. The fourth-order valence-electron chi connectivity index (χ4n) is 3.24. The van der Waals surface area contributed by atoms with Crippen LogP contribution in [0.3, 0.4) is 0 Å². The van der Waals surface area contributed by atoms with Crippen molar-refractivity contribution < 1.29 is 4.79 Å². The third-order valence-corrected chi connectivity index (χ3v) is 4.51. The van der Waals surface area contributed by atoms with Crippen molar-refractivity contribution >= 4 is 29.3 Å². The van der Waals surface area contributed by atoms with Gasteiger partial charge in [-0.1, -0.05) is 65.7 Å². The predicted octanol–water partition coefficient (Wildman–Crippen LogP) is 8.77. The van der Waals surface area contributed by atoms with Crippen LogP contribution in [0.4, 0.5) is 11.4 Å². The molecule has 13 heteroatoms. The van der Waals surface area contributed by atoms with Gasteiger partial charge in [-0.2, -0.15) is 0 Å². The Kier molecular flexibility index (Phi) is 11.7. The van der Waals surface area contributed by atoms with Crippen LogP contribution in [0.2, 0.25) is 0 Å². The maximum atomic E-state index is 12.9. The van der Waals surface area contributed by atoms with Crippen LogP contribution in [0.25, 0.3) is 65.0 Å². The molecule has 0 amide bonds. The third kappa shape index (κ3) is 8.91. The number of carbonyl (C=O) groups is 1. The first-order valence-electron chi connectivity index (χ1n) is 9.65. The molecular formula is C21H18N12O-2. The van der Waals surface area contributed by atoms with Crippen molar-refractivity contribution in [3.63, 3.8) is 0 Å². The summed E-state index contributed by atoms with van der Waals surface area (Å²) in [7, 11) is 0. The van der Waals surface area contributed by atoms with Gasteiger partial charge in [0.1, 0.15) is 0 Å². The number of rotatable bonds is 4. The molecule has 0 aliphatic heterocycles. The van der Waals surface area contributed by atoms with Crippen LogP contribution in [0.15, 0.2) is 69.9 Å². The quantitative estimate of drug-likeness (QED) is 0.187. The van der Waals surface area contributed by atoms with Gasteiger partial charge in [-0.3, -0.25) is 14.6 Å². The number of carbonyl (C=O) groups excluding carboxylic acids is 1. The molecule has 2 aromatic carbocycles. The lowest BCUT2D eigenvalue weighted by Gasteiger charge is -2.22. The maximum absolute atomic E-state index is 12.9. The topological polar surface area (TPSA) is 232 Å². The van der Waals surface area contributed by atoms with E-state index in [1.165, 1.54) is 9.82 Å². The normalized spacial score (nSPS) is 16.3. The average molecular weight is 454 g/mol. The van der Waals surface area contributed by atoms with Gasteiger partial charge in [-0.15, -0.1) is 0 Å². The summed E-state index contributed by atoms with van der Waals surface area (Å²) in [6.45, 7) is 2.13. The van der Waals surface area contributed by atoms with Gasteiger partial charge in [0.15, 0.2) is 5.78 Å². The molecule has 1 fully saturated rings. The average Bonchev–Trinajstić information content (AvgIpc) is 2.81. The van der Waals surface area contributed by atoms with Crippen molar-refractivity contribution in [3.05, 3.63) is 124 Å². The molecule has 170 valence electrons. The van der Waals surface area contributed by atoms with E-state index in [9.17, 15) is 4.79 Å². The van der Waals surface area contributed by atoms with E-state index >= 15 is 0 Å². The molecular weight excluding hydrogens is 436 g/mol. The first-order valence-corrected chi connectivity index (χ1v) is 9.65.